The minimum Gasteiger partial charge on any atom is -0.507 e. The van der Waals surface area contributed by atoms with Gasteiger partial charge in [0.1, 0.15) is 23.0 Å². The van der Waals surface area contributed by atoms with Crippen molar-refractivity contribution in [1.29, 1.82) is 0 Å². The first-order valence-electron chi connectivity index (χ1n) is 8.52. The Morgan fingerprint density at radius 1 is 1.19 bits per heavy atom. The smallest absolute Gasteiger partial charge is 0.231 e. The van der Waals surface area contributed by atoms with Gasteiger partial charge in [0, 0.05) is 29.3 Å². The normalized spacial score (nSPS) is 14.4. The van der Waals surface area contributed by atoms with Crippen molar-refractivity contribution in [1.82, 2.24) is 4.90 Å². The van der Waals surface area contributed by atoms with Gasteiger partial charge in [-0.25, -0.2) is 0 Å². The molecule has 0 spiro atoms. The van der Waals surface area contributed by atoms with Gasteiger partial charge in [0.05, 0.1) is 19.8 Å². The Morgan fingerprint density at radius 2 is 1.93 bits per heavy atom. The van der Waals surface area contributed by atoms with Crippen LogP contribution in [0.5, 0.6) is 23.0 Å². The fourth-order valence-electron chi connectivity index (χ4n) is 3.08. The number of hydrogen-bond donors (Lipinski definition) is 1. The number of methoxy groups -OCH3 is 2. The van der Waals surface area contributed by atoms with Crippen molar-refractivity contribution in [3.63, 3.8) is 0 Å². The molecule has 0 radical (unpaired) electrons. The van der Waals surface area contributed by atoms with Gasteiger partial charge in [-0.1, -0.05) is 0 Å². The average Bonchev–Trinajstić information content (AvgIpc) is 2.95. The van der Waals surface area contributed by atoms with Gasteiger partial charge >= 0.3 is 0 Å². The summed E-state index contributed by atoms with van der Waals surface area (Å²) >= 11 is 0. The summed E-state index contributed by atoms with van der Waals surface area (Å²) in [5, 5.41) is 10.4. The molecule has 0 saturated carbocycles. The number of aromatic hydroxyl groups is 1. The van der Waals surface area contributed by atoms with E-state index in [-0.39, 0.29) is 17.3 Å². The summed E-state index contributed by atoms with van der Waals surface area (Å²) in [4.78, 5) is 14.8. The Morgan fingerprint density at radius 3 is 2.56 bits per heavy atom. The minimum absolute atomic E-state index is 0.151. The van der Waals surface area contributed by atoms with Crippen LogP contribution in [0, 0.1) is 6.92 Å². The van der Waals surface area contributed by atoms with Gasteiger partial charge < -0.3 is 24.2 Å². The van der Waals surface area contributed by atoms with E-state index in [1.165, 1.54) is 0 Å². The van der Waals surface area contributed by atoms with Crippen LogP contribution in [-0.2, 0) is 6.54 Å². The van der Waals surface area contributed by atoms with Crippen molar-refractivity contribution >= 4 is 11.9 Å². The summed E-state index contributed by atoms with van der Waals surface area (Å²) < 4.78 is 16.4. The number of Topliss-reactive ketones (excluding diaryl/α,β-unsaturated/α-hetero) is 1. The highest BCUT2D eigenvalue weighted by Crippen LogP contribution is 2.41. The number of phenolic OH excluding ortho intramolecular Hbond substituents is 1. The summed E-state index contributed by atoms with van der Waals surface area (Å²) in [6.45, 7) is 2.27. The van der Waals surface area contributed by atoms with Crippen molar-refractivity contribution in [2.24, 2.45) is 0 Å². The highest BCUT2D eigenvalue weighted by atomic mass is 16.5. The van der Waals surface area contributed by atoms with Gasteiger partial charge in [0.2, 0.25) is 5.78 Å². The molecule has 6 heteroatoms. The molecular formula is C21H23NO5. The van der Waals surface area contributed by atoms with Crippen LogP contribution >= 0.6 is 0 Å². The van der Waals surface area contributed by atoms with E-state index in [9.17, 15) is 9.90 Å². The van der Waals surface area contributed by atoms with Crippen LogP contribution in [0.2, 0.25) is 0 Å². The summed E-state index contributed by atoms with van der Waals surface area (Å²) in [5.41, 5.74) is 2.41. The molecule has 27 heavy (non-hydrogen) atoms. The molecule has 0 amide bonds. The van der Waals surface area contributed by atoms with Gasteiger partial charge in [-0.05, 0) is 45.3 Å². The summed E-state index contributed by atoms with van der Waals surface area (Å²) in [6.07, 6.45) is 1.64. The van der Waals surface area contributed by atoms with Crippen LogP contribution in [0.4, 0.5) is 0 Å². The standard InChI is InChI=1S/C21H23NO5/c1-12-19(23)14(11-22(2)3)8-16-20(24)18(27-21(12)16)9-13-6-7-15(25-4)10-17(13)26-5/h6-10,23H,11H2,1-5H3/b18-9-. The molecule has 1 aliphatic rings. The highest BCUT2D eigenvalue weighted by molar-refractivity contribution is 6.15. The third kappa shape index (κ3) is 3.48. The lowest BCUT2D eigenvalue weighted by Crippen LogP contribution is -2.11. The minimum atomic E-state index is -0.217. The third-order valence-corrected chi connectivity index (χ3v) is 4.46. The number of nitrogens with zero attached hydrogens (tertiary/aromatic N) is 1. The number of carbonyl (C=O) groups excluding carboxylic acids is 1. The molecule has 0 bridgehead atoms. The molecule has 6 nitrogen and oxygen atoms in total. The lowest BCUT2D eigenvalue weighted by Gasteiger charge is -2.14. The monoisotopic (exact) mass is 369 g/mol. The summed E-state index contributed by atoms with van der Waals surface area (Å²) in [7, 11) is 6.94. The van der Waals surface area contributed by atoms with Gasteiger partial charge in [-0.3, -0.25) is 4.79 Å². The number of carbonyl (C=O) groups is 1. The fourth-order valence-corrected chi connectivity index (χ4v) is 3.08. The molecule has 1 N–H and O–H groups in total. The van der Waals surface area contributed by atoms with Crippen LogP contribution in [0.1, 0.15) is 27.0 Å². The molecule has 0 unspecified atom stereocenters. The zero-order valence-electron chi connectivity index (χ0n) is 16.1. The Bertz CT molecular complexity index is 931. The Labute approximate surface area is 158 Å². The maximum absolute atomic E-state index is 12.9. The van der Waals surface area contributed by atoms with E-state index in [0.717, 1.165) is 0 Å². The maximum atomic E-state index is 12.9. The molecule has 1 heterocycles. The number of rotatable bonds is 5. The van der Waals surface area contributed by atoms with Crippen LogP contribution < -0.4 is 14.2 Å². The second-order valence-electron chi connectivity index (χ2n) is 6.67. The predicted octanol–water partition coefficient (Wildman–Crippen LogP) is 3.40. The summed E-state index contributed by atoms with van der Waals surface area (Å²) in [5.74, 6) is 1.76. The second kappa shape index (κ2) is 7.32. The zero-order chi connectivity index (χ0) is 19.7. The molecule has 2 aromatic rings. The quantitative estimate of drug-likeness (QED) is 0.815. The van der Waals surface area contributed by atoms with E-state index < -0.39 is 0 Å². The first-order chi connectivity index (χ1) is 12.8. The molecule has 1 aliphatic heterocycles. The molecule has 142 valence electrons. The van der Waals surface area contributed by atoms with Crippen molar-refractivity contribution < 1.29 is 24.1 Å². The highest BCUT2D eigenvalue weighted by Gasteiger charge is 2.31. The number of benzene rings is 2. The molecule has 3 rings (SSSR count). The van der Waals surface area contributed by atoms with Gasteiger partial charge in [-0.2, -0.15) is 0 Å². The van der Waals surface area contributed by atoms with E-state index in [4.69, 9.17) is 14.2 Å². The molecule has 0 atom stereocenters. The average molecular weight is 369 g/mol. The second-order valence-corrected chi connectivity index (χ2v) is 6.67. The maximum Gasteiger partial charge on any atom is 0.231 e. The topological polar surface area (TPSA) is 68.2 Å². The third-order valence-electron chi connectivity index (χ3n) is 4.46. The van der Waals surface area contributed by atoms with E-state index in [2.05, 4.69) is 0 Å². The van der Waals surface area contributed by atoms with Crippen molar-refractivity contribution in [2.75, 3.05) is 28.3 Å². The van der Waals surface area contributed by atoms with Gasteiger partial charge in [0.25, 0.3) is 0 Å². The number of allylic oxidation sites excluding steroid dienone is 1. The fraction of sp³-hybridized carbons (Fsp3) is 0.286. The first-order valence-corrected chi connectivity index (χ1v) is 8.52. The Balaban J connectivity index is 2.02. The SMILES string of the molecule is COc1ccc(/C=C2\Oc3c(cc(CN(C)C)c(O)c3C)C2=O)c(OC)c1. The predicted molar refractivity (Wildman–Crippen MR) is 103 cm³/mol. The van der Waals surface area contributed by atoms with Crippen LogP contribution in [-0.4, -0.2) is 44.1 Å². The molecule has 0 fully saturated rings. The molecule has 0 aromatic heterocycles. The molecular weight excluding hydrogens is 346 g/mol. The molecule has 0 aliphatic carbocycles. The number of hydrogen-bond acceptors (Lipinski definition) is 6. The van der Waals surface area contributed by atoms with E-state index in [1.54, 1.807) is 51.5 Å². The lowest BCUT2D eigenvalue weighted by atomic mass is 10.0. The number of fused-ring (bicyclic) bond motifs is 1. The molecule has 0 saturated heterocycles. The van der Waals surface area contributed by atoms with Gasteiger partial charge in [-0.15, -0.1) is 0 Å². The van der Waals surface area contributed by atoms with Gasteiger partial charge in [0.15, 0.2) is 5.76 Å². The van der Waals surface area contributed by atoms with Crippen molar-refractivity contribution in [3.8, 4) is 23.0 Å². The Kier molecular flexibility index (Phi) is 5.10. The van der Waals surface area contributed by atoms with Crippen LogP contribution in [0.3, 0.4) is 0 Å². The zero-order valence-corrected chi connectivity index (χ0v) is 16.1. The Hall–Kier alpha value is -2.99. The molecule has 2 aromatic carbocycles. The first kappa shape index (κ1) is 18.8. The number of ketones is 1. The van der Waals surface area contributed by atoms with E-state index in [0.29, 0.717) is 46.0 Å². The van der Waals surface area contributed by atoms with E-state index >= 15 is 0 Å². The van der Waals surface area contributed by atoms with E-state index in [1.807, 2.05) is 19.0 Å². The van der Waals surface area contributed by atoms with Crippen molar-refractivity contribution in [3.05, 3.63) is 52.3 Å². The number of phenols is 1. The van der Waals surface area contributed by atoms with Crippen molar-refractivity contribution in [2.45, 2.75) is 13.5 Å². The van der Waals surface area contributed by atoms with Crippen LogP contribution in [0.15, 0.2) is 30.0 Å². The lowest BCUT2D eigenvalue weighted by molar-refractivity contribution is 0.101. The largest absolute Gasteiger partial charge is 0.507 e. The van der Waals surface area contributed by atoms with Crippen LogP contribution in [0.25, 0.3) is 6.08 Å². The number of ether oxygens (including phenoxy) is 3. The summed E-state index contributed by atoms with van der Waals surface area (Å²) in [6, 6.07) is 7.02.